The highest BCUT2D eigenvalue weighted by Crippen LogP contribution is 2.27. The lowest BCUT2D eigenvalue weighted by atomic mass is 10.0. The molecule has 2 rings (SSSR count). The lowest BCUT2D eigenvalue weighted by Gasteiger charge is -2.10. The Balaban J connectivity index is 1.70. The number of alkyl halides is 2. The number of halogens is 2. The van der Waals surface area contributed by atoms with E-state index < -0.39 is 6.43 Å². The van der Waals surface area contributed by atoms with Gasteiger partial charge < -0.3 is 5.32 Å². The first-order valence-electron chi connectivity index (χ1n) is 6.83. The van der Waals surface area contributed by atoms with E-state index in [-0.39, 0.29) is 5.56 Å². The van der Waals surface area contributed by atoms with Crippen molar-refractivity contribution in [1.82, 2.24) is 5.32 Å². The van der Waals surface area contributed by atoms with E-state index in [4.69, 9.17) is 0 Å². The van der Waals surface area contributed by atoms with Crippen LogP contribution in [0.2, 0.25) is 0 Å². The average molecular weight is 253 g/mol. The molecule has 0 aromatic heterocycles. The van der Waals surface area contributed by atoms with E-state index in [1.54, 1.807) is 12.1 Å². The third-order valence-corrected chi connectivity index (χ3v) is 3.74. The summed E-state index contributed by atoms with van der Waals surface area (Å²) >= 11 is 0. The van der Waals surface area contributed by atoms with Crippen LogP contribution in [0.15, 0.2) is 24.3 Å². The molecule has 0 spiro atoms. The minimum absolute atomic E-state index is 0.116. The van der Waals surface area contributed by atoms with Gasteiger partial charge in [0, 0.05) is 12.1 Å². The van der Waals surface area contributed by atoms with Gasteiger partial charge in [-0.3, -0.25) is 0 Å². The normalized spacial score (nSPS) is 16.6. The van der Waals surface area contributed by atoms with Gasteiger partial charge in [-0.1, -0.05) is 43.9 Å². The highest BCUT2D eigenvalue weighted by molar-refractivity contribution is 5.24. The van der Waals surface area contributed by atoms with Crippen LogP contribution in [0.3, 0.4) is 0 Å². The summed E-state index contributed by atoms with van der Waals surface area (Å²) in [4.78, 5) is 0. The second-order valence-electron chi connectivity index (χ2n) is 5.16. The molecule has 0 aliphatic heterocycles. The van der Waals surface area contributed by atoms with Crippen molar-refractivity contribution in [2.75, 3.05) is 6.54 Å². The number of hydrogen-bond acceptors (Lipinski definition) is 1. The van der Waals surface area contributed by atoms with Crippen molar-refractivity contribution in [2.24, 2.45) is 5.92 Å². The predicted octanol–water partition coefficient (Wildman–Crippen LogP) is 4.29. The zero-order valence-electron chi connectivity index (χ0n) is 10.7. The standard InChI is InChI=1S/C15H21F2N/c16-15(17)14-7-3-6-13(10-14)11-18-9-8-12-4-1-2-5-12/h3,6-7,10,12,15,18H,1-2,4-5,8-9,11H2. The van der Waals surface area contributed by atoms with Crippen LogP contribution in [0.1, 0.15) is 49.7 Å². The fourth-order valence-corrected chi connectivity index (χ4v) is 2.68. The first-order valence-corrected chi connectivity index (χ1v) is 6.83. The second kappa shape index (κ2) is 6.83. The summed E-state index contributed by atoms with van der Waals surface area (Å²) in [5, 5.41) is 3.35. The van der Waals surface area contributed by atoms with Gasteiger partial charge in [0.1, 0.15) is 0 Å². The van der Waals surface area contributed by atoms with E-state index in [1.165, 1.54) is 38.2 Å². The molecule has 0 heterocycles. The fraction of sp³-hybridized carbons (Fsp3) is 0.600. The van der Waals surface area contributed by atoms with Gasteiger partial charge in [-0.2, -0.15) is 0 Å². The molecule has 100 valence electrons. The number of nitrogens with one attached hydrogen (secondary N) is 1. The first-order chi connectivity index (χ1) is 8.75. The minimum atomic E-state index is -2.37. The van der Waals surface area contributed by atoms with Crippen LogP contribution in [0.25, 0.3) is 0 Å². The molecule has 3 heteroatoms. The van der Waals surface area contributed by atoms with Crippen molar-refractivity contribution < 1.29 is 8.78 Å². The van der Waals surface area contributed by atoms with Gasteiger partial charge in [0.15, 0.2) is 0 Å². The van der Waals surface area contributed by atoms with Crippen LogP contribution in [0, 0.1) is 5.92 Å². The van der Waals surface area contributed by atoms with E-state index in [0.29, 0.717) is 6.54 Å². The number of benzene rings is 1. The Morgan fingerprint density at radius 1 is 1.22 bits per heavy atom. The molecular formula is C15H21F2N. The Kier molecular flexibility index (Phi) is 5.12. The molecule has 1 N–H and O–H groups in total. The Morgan fingerprint density at radius 2 is 2.00 bits per heavy atom. The van der Waals surface area contributed by atoms with Gasteiger partial charge in [-0.05, 0) is 30.5 Å². The summed E-state index contributed by atoms with van der Waals surface area (Å²) in [6.45, 7) is 1.68. The average Bonchev–Trinajstić information content (AvgIpc) is 2.88. The van der Waals surface area contributed by atoms with E-state index in [0.717, 1.165) is 18.0 Å². The van der Waals surface area contributed by atoms with Crippen LogP contribution in [0.4, 0.5) is 8.78 Å². The molecule has 1 aliphatic rings. The molecule has 0 saturated heterocycles. The predicted molar refractivity (Wildman–Crippen MR) is 69.7 cm³/mol. The maximum absolute atomic E-state index is 12.5. The van der Waals surface area contributed by atoms with Crippen LogP contribution < -0.4 is 5.32 Å². The van der Waals surface area contributed by atoms with Crippen molar-refractivity contribution in [1.29, 1.82) is 0 Å². The Bertz CT molecular complexity index is 359. The molecule has 1 fully saturated rings. The lowest BCUT2D eigenvalue weighted by molar-refractivity contribution is 0.151. The summed E-state index contributed by atoms with van der Waals surface area (Å²) in [5.41, 5.74) is 1.06. The SMILES string of the molecule is FC(F)c1cccc(CNCCC2CCCC2)c1. The van der Waals surface area contributed by atoms with Gasteiger partial charge in [-0.15, -0.1) is 0 Å². The van der Waals surface area contributed by atoms with Crippen molar-refractivity contribution in [3.63, 3.8) is 0 Å². The Morgan fingerprint density at radius 3 is 2.72 bits per heavy atom. The zero-order chi connectivity index (χ0) is 12.8. The molecule has 0 atom stereocenters. The van der Waals surface area contributed by atoms with E-state index in [2.05, 4.69) is 5.32 Å². The van der Waals surface area contributed by atoms with E-state index >= 15 is 0 Å². The molecule has 1 aromatic carbocycles. The van der Waals surface area contributed by atoms with Crippen LogP contribution in [-0.2, 0) is 6.54 Å². The number of rotatable bonds is 6. The monoisotopic (exact) mass is 253 g/mol. The minimum Gasteiger partial charge on any atom is -0.313 e. The Hall–Kier alpha value is -0.960. The quantitative estimate of drug-likeness (QED) is 0.745. The van der Waals surface area contributed by atoms with Crippen molar-refractivity contribution in [3.05, 3.63) is 35.4 Å². The van der Waals surface area contributed by atoms with Gasteiger partial charge in [0.25, 0.3) is 6.43 Å². The molecule has 0 amide bonds. The highest BCUT2D eigenvalue weighted by Gasteiger charge is 2.13. The fourth-order valence-electron chi connectivity index (χ4n) is 2.68. The highest BCUT2D eigenvalue weighted by atomic mass is 19.3. The Labute approximate surface area is 108 Å². The van der Waals surface area contributed by atoms with E-state index in [1.807, 2.05) is 6.07 Å². The van der Waals surface area contributed by atoms with Crippen LogP contribution >= 0.6 is 0 Å². The molecular weight excluding hydrogens is 232 g/mol. The number of hydrogen-bond donors (Lipinski definition) is 1. The van der Waals surface area contributed by atoms with Gasteiger partial charge in [0.2, 0.25) is 0 Å². The summed E-state index contributed by atoms with van der Waals surface area (Å²) in [5.74, 6) is 0.880. The van der Waals surface area contributed by atoms with Crippen LogP contribution in [0.5, 0.6) is 0 Å². The van der Waals surface area contributed by atoms with Crippen molar-refractivity contribution >= 4 is 0 Å². The van der Waals surface area contributed by atoms with Gasteiger partial charge in [0.05, 0.1) is 0 Å². The maximum Gasteiger partial charge on any atom is 0.263 e. The molecule has 18 heavy (non-hydrogen) atoms. The summed E-state index contributed by atoms with van der Waals surface area (Å²) in [7, 11) is 0. The molecule has 1 nitrogen and oxygen atoms in total. The lowest BCUT2D eigenvalue weighted by Crippen LogP contribution is -2.17. The zero-order valence-corrected chi connectivity index (χ0v) is 10.7. The van der Waals surface area contributed by atoms with Crippen LogP contribution in [-0.4, -0.2) is 6.54 Å². The van der Waals surface area contributed by atoms with Crippen molar-refractivity contribution in [3.8, 4) is 0 Å². The van der Waals surface area contributed by atoms with Gasteiger partial charge >= 0.3 is 0 Å². The second-order valence-corrected chi connectivity index (χ2v) is 5.16. The topological polar surface area (TPSA) is 12.0 Å². The third-order valence-electron chi connectivity index (χ3n) is 3.74. The smallest absolute Gasteiger partial charge is 0.263 e. The maximum atomic E-state index is 12.5. The first kappa shape index (κ1) is 13.5. The van der Waals surface area contributed by atoms with E-state index in [9.17, 15) is 8.78 Å². The molecule has 1 saturated carbocycles. The summed E-state index contributed by atoms with van der Waals surface area (Å²) in [6, 6.07) is 6.67. The third kappa shape index (κ3) is 4.05. The molecule has 1 aliphatic carbocycles. The van der Waals surface area contributed by atoms with Crippen molar-refractivity contribution in [2.45, 2.75) is 45.1 Å². The molecule has 0 bridgehead atoms. The molecule has 0 radical (unpaired) electrons. The summed E-state index contributed by atoms with van der Waals surface area (Å²) < 4.78 is 25.0. The largest absolute Gasteiger partial charge is 0.313 e. The van der Waals surface area contributed by atoms with Gasteiger partial charge in [-0.25, -0.2) is 8.78 Å². The molecule has 1 aromatic rings. The summed E-state index contributed by atoms with van der Waals surface area (Å²) in [6.07, 6.45) is 4.32. The molecule has 0 unspecified atom stereocenters.